The molecular formula is C13H20N2OS. The molecule has 1 saturated heterocycles. The van der Waals surface area contributed by atoms with Gasteiger partial charge in [-0.15, -0.1) is 11.3 Å². The van der Waals surface area contributed by atoms with E-state index in [-0.39, 0.29) is 11.3 Å². The molecule has 0 radical (unpaired) electrons. The van der Waals surface area contributed by atoms with Gasteiger partial charge < -0.3 is 10.2 Å². The molecule has 0 atom stereocenters. The van der Waals surface area contributed by atoms with Crippen LogP contribution in [0.4, 0.5) is 5.69 Å². The van der Waals surface area contributed by atoms with Crippen LogP contribution in [0.15, 0.2) is 11.4 Å². The molecule has 3 rings (SSSR count). The second-order valence-corrected chi connectivity index (χ2v) is 5.42. The molecule has 3 heterocycles. The molecule has 3 nitrogen and oxygen atoms in total. The maximum Gasteiger partial charge on any atom is 0.236 e. The largest absolute Gasteiger partial charge is 0.324 e. The molecule has 0 aromatic carbocycles. The van der Waals surface area contributed by atoms with Crippen molar-refractivity contribution in [3.8, 4) is 0 Å². The summed E-state index contributed by atoms with van der Waals surface area (Å²) in [5.41, 5.74) is 0.852. The third-order valence-corrected chi connectivity index (χ3v) is 4.74. The number of carbonyl (C=O) groups excluding carboxylic acids is 1. The lowest BCUT2D eigenvalue weighted by Crippen LogP contribution is -2.44. The number of amides is 1. The molecule has 0 saturated carbocycles. The first-order valence-electron chi connectivity index (χ1n) is 6.30. The van der Waals surface area contributed by atoms with Crippen molar-refractivity contribution in [2.24, 2.45) is 0 Å². The SMILES string of the molecule is CC.CN1CCC2(CC1)C(=O)Nc1ccsc12. The van der Waals surface area contributed by atoms with E-state index < -0.39 is 0 Å². The molecular weight excluding hydrogens is 232 g/mol. The summed E-state index contributed by atoms with van der Waals surface area (Å²) in [6.07, 6.45) is 1.92. The van der Waals surface area contributed by atoms with Gasteiger partial charge in [-0.05, 0) is 44.4 Å². The Morgan fingerprint density at radius 1 is 1.35 bits per heavy atom. The highest BCUT2D eigenvalue weighted by atomic mass is 32.1. The number of hydrogen-bond donors (Lipinski definition) is 1. The first kappa shape index (κ1) is 12.6. The fraction of sp³-hybridized carbons (Fsp3) is 0.615. The van der Waals surface area contributed by atoms with E-state index in [0.29, 0.717) is 0 Å². The molecule has 2 aliphatic heterocycles. The van der Waals surface area contributed by atoms with Crippen LogP contribution in [0.3, 0.4) is 0 Å². The van der Waals surface area contributed by atoms with E-state index in [1.807, 2.05) is 19.9 Å². The van der Waals surface area contributed by atoms with Crippen LogP contribution in [0, 0.1) is 0 Å². The van der Waals surface area contributed by atoms with Gasteiger partial charge in [-0.1, -0.05) is 13.8 Å². The van der Waals surface area contributed by atoms with E-state index in [2.05, 4.69) is 22.6 Å². The number of fused-ring (bicyclic) bond motifs is 2. The monoisotopic (exact) mass is 252 g/mol. The number of hydrogen-bond acceptors (Lipinski definition) is 3. The smallest absolute Gasteiger partial charge is 0.236 e. The molecule has 1 aromatic rings. The van der Waals surface area contributed by atoms with Crippen LogP contribution in [0.25, 0.3) is 0 Å². The highest BCUT2D eigenvalue weighted by Crippen LogP contribution is 2.47. The van der Waals surface area contributed by atoms with Crippen molar-refractivity contribution < 1.29 is 4.79 Å². The minimum Gasteiger partial charge on any atom is -0.324 e. The zero-order chi connectivity index (χ0) is 12.5. The lowest BCUT2D eigenvalue weighted by molar-refractivity contribution is -0.122. The second kappa shape index (κ2) is 4.78. The average Bonchev–Trinajstić information content (AvgIpc) is 2.89. The average molecular weight is 252 g/mol. The molecule has 0 unspecified atom stereocenters. The van der Waals surface area contributed by atoms with Crippen LogP contribution in [0.1, 0.15) is 31.6 Å². The number of likely N-dealkylation sites (tertiary alicyclic amines) is 1. The maximum atomic E-state index is 12.1. The topological polar surface area (TPSA) is 32.3 Å². The Kier molecular flexibility index (Phi) is 3.54. The third-order valence-electron chi connectivity index (χ3n) is 3.62. The molecule has 1 amide bonds. The summed E-state index contributed by atoms with van der Waals surface area (Å²) in [7, 11) is 2.12. The summed E-state index contributed by atoms with van der Waals surface area (Å²) >= 11 is 1.72. The van der Waals surface area contributed by atoms with Crippen LogP contribution in [0.2, 0.25) is 0 Å². The van der Waals surface area contributed by atoms with Gasteiger partial charge in [0.1, 0.15) is 0 Å². The van der Waals surface area contributed by atoms with Crippen molar-refractivity contribution in [3.63, 3.8) is 0 Å². The third kappa shape index (κ3) is 1.89. The van der Waals surface area contributed by atoms with Crippen molar-refractivity contribution in [1.82, 2.24) is 4.90 Å². The predicted octanol–water partition coefficient (Wildman–Crippen LogP) is 2.69. The molecule has 1 aromatic heterocycles. The Morgan fingerprint density at radius 2 is 2.00 bits per heavy atom. The number of rotatable bonds is 0. The van der Waals surface area contributed by atoms with Crippen LogP contribution < -0.4 is 5.32 Å². The van der Waals surface area contributed by atoms with Gasteiger partial charge in [0.15, 0.2) is 0 Å². The van der Waals surface area contributed by atoms with E-state index in [1.54, 1.807) is 11.3 Å². The van der Waals surface area contributed by atoms with Gasteiger partial charge in [0.05, 0.1) is 11.1 Å². The van der Waals surface area contributed by atoms with E-state index in [9.17, 15) is 4.79 Å². The molecule has 2 aliphatic rings. The molecule has 17 heavy (non-hydrogen) atoms. The van der Waals surface area contributed by atoms with Gasteiger partial charge in [0.2, 0.25) is 5.91 Å². The Labute approximate surface area is 107 Å². The minimum absolute atomic E-state index is 0.198. The van der Waals surface area contributed by atoms with Crippen molar-refractivity contribution in [1.29, 1.82) is 0 Å². The normalized spacial score (nSPS) is 21.7. The summed E-state index contributed by atoms with van der Waals surface area (Å²) in [4.78, 5) is 15.6. The number of nitrogens with one attached hydrogen (secondary N) is 1. The first-order valence-corrected chi connectivity index (χ1v) is 7.18. The number of carbonyl (C=O) groups is 1. The summed E-state index contributed by atoms with van der Waals surface area (Å²) in [6.45, 7) is 6.04. The number of thiophene rings is 1. The van der Waals surface area contributed by atoms with Gasteiger partial charge in [-0.3, -0.25) is 4.79 Å². The van der Waals surface area contributed by atoms with Gasteiger partial charge in [0, 0.05) is 4.88 Å². The van der Waals surface area contributed by atoms with E-state index in [0.717, 1.165) is 31.6 Å². The molecule has 1 N–H and O–H groups in total. The molecule has 1 spiro atoms. The minimum atomic E-state index is -0.198. The lowest BCUT2D eigenvalue weighted by Gasteiger charge is -2.35. The molecule has 0 bridgehead atoms. The fourth-order valence-corrected chi connectivity index (χ4v) is 3.69. The van der Waals surface area contributed by atoms with Crippen molar-refractivity contribution in [3.05, 3.63) is 16.3 Å². The fourth-order valence-electron chi connectivity index (χ4n) is 2.58. The van der Waals surface area contributed by atoms with Crippen molar-refractivity contribution in [2.45, 2.75) is 32.1 Å². The second-order valence-electron chi connectivity index (χ2n) is 4.50. The van der Waals surface area contributed by atoms with Crippen molar-refractivity contribution >= 4 is 22.9 Å². The number of anilines is 1. The van der Waals surface area contributed by atoms with Gasteiger partial charge in [-0.2, -0.15) is 0 Å². The van der Waals surface area contributed by atoms with E-state index in [1.165, 1.54) is 4.88 Å². The summed E-state index contributed by atoms with van der Waals surface area (Å²) in [6, 6.07) is 2.02. The lowest BCUT2D eigenvalue weighted by atomic mass is 9.78. The number of nitrogens with zero attached hydrogens (tertiary/aromatic N) is 1. The molecule has 1 fully saturated rings. The Balaban J connectivity index is 0.000000514. The summed E-state index contributed by atoms with van der Waals surface area (Å²) in [5.74, 6) is 0.220. The van der Waals surface area contributed by atoms with E-state index in [4.69, 9.17) is 0 Å². The zero-order valence-electron chi connectivity index (χ0n) is 10.7. The Bertz CT molecular complexity index is 405. The van der Waals surface area contributed by atoms with Crippen molar-refractivity contribution in [2.75, 3.05) is 25.5 Å². The first-order chi connectivity index (χ1) is 8.22. The van der Waals surface area contributed by atoms with Gasteiger partial charge in [0.25, 0.3) is 0 Å². The predicted molar refractivity (Wildman–Crippen MR) is 72.7 cm³/mol. The molecule has 0 aliphatic carbocycles. The van der Waals surface area contributed by atoms with Crippen LogP contribution >= 0.6 is 11.3 Å². The van der Waals surface area contributed by atoms with E-state index >= 15 is 0 Å². The van der Waals surface area contributed by atoms with Gasteiger partial charge in [-0.25, -0.2) is 0 Å². The van der Waals surface area contributed by atoms with Crippen LogP contribution in [0.5, 0.6) is 0 Å². The van der Waals surface area contributed by atoms with Crippen LogP contribution in [-0.4, -0.2) is 30.9 Å². The summed E-state index contributed by atoms with van der Waals surface area (Å²) < 4.78 is 0. The Morgan fingerprint density at radius 3 is 2.65 bits per heavy atom. The Hall–Kier alpha value is -0.870. The number of piperidine rings is 1. The standard InChI is InChI=1S/C11H14N2OS.C2H6/c1-13-5-3-11(4-6-13)9-8(2-7-15-9)12-10(11)14;1-2/h2,7H,3-6H2,1H3,(H,12,14);1-2H3. The molecule has 4 heteroatoms. The summed E-state index contributed by atoms with van der Waals surface area (Å²) in [5, 5.41) is 5.08. The zero-order valence-corrected chi connectivity index (χ0v) is 11.6. The highest BCUT2D eigenvalue weighted by molar-refractivity contribution is 7.11. The highest BCUT2D eigenvalue weighted by Gasteiger charge is 2.48. The maximum absolute atomic E-state index is 12.1. The molecule has 94 valence electrons. The quantitative estimate of drug-likeness (QED) is 0.770. The van der Waals surface area contributed by atoms with Gasteiger partial charge >= 0.3 is 0 Å². The van der Waals surface area contributed by atoms with Crippen LogP contribution in [-0.2, 0) is 10.2 Å².